The number of carbonyl (C=O) groups excluding carboxylic acids is 2. The first kappa shape index (κ1) is 16.0. The zero-order valence-corrected chi connectivity index (χ0v) is 12.6. The molecule has 2 fully saturated rings. The molecule has 0 spiro atoms. The van der Waals surface area contributed by atoms with Crippen molar-refractivity contribution in [1.29, 1.82) is 0 Å². The van der Waals surface area contributed by atoms with E-state index in [2.05, 4.69) is 16.8 Å². The molecule has 0 bridgehead atoms. The van der Waals surface area contributed by atoms with Crippen LogP contribution >= 0.6 is 0 Å². The Kier molecular flexibility index (Phi) is 5.36. The number of carbonyl (C=O) groups is 2. The third-order valence-electron chi connectivity index (χ3n) is 4.39. The van der Waals surface area contributed by atoms with Gasteiger partial charge in [0.05, 0.1) is 12.1 Å². The molecule has 6 nitrogen and oxygen atoms in total. The number of amides is 2. The molecule has 6 heteroatoms. The molecule has 118 valence electrons. The third-order valence-corrected chi connectivity index (χ3v) is 4.39. The van der Waals surface area contributed by atoms with Crippen molar-refractivity contribution in [3.63, 3.8) is 0 Å². The van der Waals surface area contributed by atoms with E-state index < -0.39 is 5.54 Å². The summed E-state index contributed by atoms with van der Waals surface area (Å²) in [4.78, 5) is 28.1. The Bertz CT molecular complexity index is 396. The predicted molar refractivity (Wildman–Crippen MR) is 81.6 cm³/mol. The summed E-state index contributed by atoms with van der Waals surface area (Å²) in [5.74, 6) is 0.0940. The van der Waals surface area contributed by atoms with Crippen LogP contribution in [0.2, 0.25) is 0 Å². The number of nitrogens with one attached hydrogen (secondary N) is 1. The summed E-state index contributed by atoms with van der Waals surface area (Å²) < 4.78 is 0. The summed E-state index contributed by atoms with van der Waals surface area (Å²) in [6.07, 6.45) is 5.36. The fourth-order valence-corrected chi connectivity index (χ4v) is 3.09. The largest absolute Gasteiger partial charge is 0.352 e. The zero-order chi connectivity index (χ0) is 15.3. The predicted octanol–water partition coefficient (Wildman–Crippen LogP) is -0.296. The molecule has 0 radical (unpaired) electrons. The highest BCUT2D eigenvalue weighted by atomic mass is 16.2. The van der Waals surface area contributed by atoms with E-state index in [0.29, 0.717) is 26.2 Å². The van der Waals surface area contributed by atoms with E-state index in [-0.39, 0.29) is 11.8 Å². The average Bonchev–Trinajstić information content (AvgIpc) is 2.93. The second-order valence-corrected chi connectivity index (χ2v) is 6.02. The first-order valence-electron chi connectivity index (χ1n) is 7.73. The van der Waals surface area contributed by atoms with Gasteiger partial charge in [0.2, 0.25) is 11.8 Å². The van der Waals surface area contributed by atoms with Crippen LogP contribution < -0.4 is 11.1 Å². The molecule has 1 saturated heterocycles. The molecule has 3 N–H and O–H groups in total. The van der Waals surface area contributed by atoms with E-state index >= 15 is 0 Å². The minimum absolute atomic E-state index is 0.000708. The molecule has 1 saturated carbocycles. The summed E-state index contributed by atoms with van der Waals surface area (Å²) in [6.45, 7) is 7.21. The number of hydrogen-bond acceptors (Lipinski definition) is 4. The Morgan fingerprint density at radius 1 is 1.19 bits per heavy atom. The topological polar surface area (TPSA) is 78.7 Å². The molecule has 21 heavy (non-hydrogen) atoms. The van der Waals surface area contributed by atoms with E-state index in [1.807, 2.05) is 4.90 Å². The lowest BCUT2D eigenvalue weighted by molar-refractivity contribution is -0.138. The molecule has 1 aliphatic carbocycles. The van der Waals surface area contributed by atoms with Gasteiger partial charge in [-0.1, -0.05) is 18.9 Å². The van der Waals surface area contributed by atoms with Crippen LogP contribution in [0.4, 0.5) is 0 Å². The van der Waals surface area contributed by atoms with Gasteiger partial charge in [-0.05, 0) is 12.8 Å². The lowest BCUT2D eigenvalue weighted by Crippen LogP contribution is -2.59. The molecule has 2 rings (SSSR count). The summed E-state index contributed by atoms with van der Waals surface area (Å²) in [5, 5.41) is 2.77. The van der Waals surface area contributed by atoms with Crippen LogP contribution in [0.3, 0.4) is 0 Å². The van der Waals surface area contributed by atoms with Crippen LogP contribution in [0, 0.1) is 0 Å². The molecular weight excluding hydrogens is 268 g/mol. The van der Waals surface area contributed by atoms with Gasteiger partial charge in [-0.3, -0.25) is 14.5 Å². The van der Waals surface area contributed by atoms with Gasteiger partial charge in [0.1, 0.15) is 0 Å². The quantitative estimate of drug-likeness (QED) is 0.683. The van der Waals surface area contributed by atoms with Crippen LogP contribution in [0.25, 0.3) is 0 Å². The Balaban J connectivity index is 1.76. The minimum atomic E-state index is -0.635. The second kappa shape index (κ2) is 7.04. The number of nitrogens with two attached hydrogens (primary N) is 1. The van der Waals surface area contributed by atoms with Crippen LogP contribution in [-0.4, -0.2) is 66.4 Å². The zero-order valence-electron chi connectivity index (χ0n) is 12.6. The smallest absolute Gasteiger partial charge is 0.242 e. The number of piperazine rings is 1. The SMILES string of the molecule is C=CCNC(=O)CN1CCN(C(=O)C2(N)CCCC2)CC1. The Hall–Kier alpha value is -1.40. The Morgan fingerprint density at radius 2 is 1.81 bits per heavy atom. The molecule has 1 aliphatic heterocycles. The van der Waals surface area contributed by atoms with Crippen LogP contribution in [-0.2, 0) is 9.59 Å². The van der Waals surface area contributed by atoms with Crippen molar-refractivity contribution >= 4 is 11.8 Å². The highest BCUT2D eigenvalue weighted by Crippen LogP contribution is 2.29. The molecule has 0 aromatic carbocycles. The Morgan fingerprint density at radius 3 is 2.38 bits per heavy atom. The fraction of sp³-hybridized carbons (Fsp3) is 0.733. The molecular formula is C15H26N4O2. The van der Waals surface area contributed by atoms with Crippen molar-refractivity contribution in [3.05, 3.63) is 12.7 Å². The van der Waals surface area contributed by atoms with Crippen molar-refractivity contribution in [2.24, 2.45) is 5.73 Å². The van der Waals surface area contributed by atoms with Crippen LogP contribution in [0.1, 0.15) is 25.7 Å². The van der Waals surface area contributed by atoms with Crippen molar-refractivity contribution < 1.29 is 9.59 Å². The van der Waals surface area contributed by atoms with Crippen molar-refractivity contribution in [2.75, 3.05) is 39.3 Å². The normalized spacial score (nSPS) is 22.0. The molecule has 1 heterocycles. The summed E-state index contributed by atoms with van der Waals surface area (Å²) in [7, 11) is 0. The highest BCUT2D eigenvalue weighted by molar-refractivity contribution is 5.86. The van der Waals surface area contributed by atoms with Gasteiger partial charge < -0.3 is 16.0 Å². The van der Waals surface area contributed by atoms with Gasteiger partial charge in [0.15, 0.2) is 0 Å². The highest BCUT2D eigenvalue weighted by Gasteiger charge is 2.40. The van der Waals surface area contributed by atoms with Crippen LogP contribution in [0.5, 0.6) is 0 Å². The number of nitrogens with zero attached hydrogens (tertiary/aromatic N) is 2. The monoisotopic (exact) mass is 294 g/mol. The van der Waals surface area contributed by atoms with Crippen LogP contribution in [0.15, 0.2) is 12.7 Å². The number of rotatable bonds is 5. The van der Waals surface area contributed by atoms with E-state index in [1.54, 1.807) is 6.08 Å². The van der Waals surface area contributed by atoms with Crippen molar-refractivity contribution in [1.82, 2.24) is 15.1 Å². The molecule has 2 amide bonds. The molecule has 0 unspecified atom stereocenters. The second-order valence-electron chi connectivity index (χ2n) is 6.02. The van der Waals surface area contributed by atoms with Gasteiger partial charge >= 0.3 is 0 Å². The first-order valence-corrected chi connectivity index (χ1v) is 7.73. The molecule has 0 atom stereocenters. The summed E-state index contributed by atoms with van der Waals surface area (Å²) in [6, 6.07) is 0. The van der Waals surface area contributed by atoms with E-state index in [4.69, 9.17) is 5.73 Å². The standard InChI is InChI=1S/C15H26N4O2/c1-2-7-17-13(20)12-18-8-10-19(11-9-18)14(21)15(16)5-3-4-6-15/h2H,1,3-12,16H2,(H,17,20). The first-order chi connectivity index (χ1) is 10.0. The summed E-state index contributed by atoms with van der Waals surface area (Å²) in [5.41, 5.74) is 5.59. The third kappa shape index (κ3) is 4.04. The Labute approximate surface area is 126 Å². The van der Waals surface area contributed by atoms with Gasteiger partial charge in [0.25, 0.3) is 0 Å². The lowest BCUT2D eigenvalue weighted by atomic mass is 9.97. The average molecular weight is 294 g/mol. The van der Waals surface area contributed by atoms with Gasteiger partial charge in [-0.15, -0.1) is 6.58 Å². The van der Waals surface area contributed by atoms with E-state index in [0.717, 1.165) is 38.8 Å². The summed E-state index contributed by atoms with van der Waals surface area (Å²) >= 11 is 0. The maximum atomic E-state index is 12.5. The minimum Gasteiger partial charge on any atom is -0.352 e. The maximum absolute atomic E-state index is 12.5. The van der Waals surface area contributed by atoms with Gasteiger partial charge in [-0.2, -0.15) is 0 Å². The molecule has 0 aromatic heterocycles. The lowest BCUT2D eigenvalue weighted by Gasteiger charge is -2.38. The number of hydrogen-bond donors (Lipinski definition) is 2. The van der Waals surface area contributed by atoms with Crippen molar-refractivity contribution in [3.8, 4) is 0 Å². The fourth-order valence-electron chi connectivity index (χ4n) is 3.09. The maximum Gasteiger partial charge on any atom is 0.242 e. The molecule has 0 aromatic rings. The van der Waals surface area contributed by atoms with Gasteiger partial charge in [0, 0.05) is 32.7 Å². The van der Waals surface area contributed by atoms with Crippen molar-refractivity contribution in [2.45, 2.75) is 31.2 Å². The molecule has 2 aliphatic rings. The van der Waals surface area contributed by atoms with E-state index in [9.17, 15) is 9.59 Å². The van der Waals surface area contributed by atoms with E-state index in [1.165, 1.54) is 0 Å². The van der Waals surface area contributed by atoms with Gasteiger partial charge in [-0.25, -0.2) is 0 Å².